The van der Waals surface area contributed by atoms with E-state index in [0.29, 0.717) is 12.4 Å². The van der Waals surface area contributed by atoms with Crippen LogP contribution in [0.15, 0.2) is 33.7 Å². The monoisotopic (exact) mass is 418 g/mol. The first-order chi connectivity index (χ1) is 14.0. The van der Waals surface area contributed by atoms with Gasteiger partial charge in [-0.1, -0.05) is 17.7 Å². The van der Waals surface area contributed by atoms with Gasteiger partial charge in [-0.3, -0.25) is 9.89 Å². The van der Waals surface area contributed by atoms with Crippen LogP contribution < -0.4 is 15.5 Å². The molecule has 2 heterocycles. The predicted octanol–water partition coefficient (Wildman–Crippen LogP) is 2.82. The third-order valence-corrected chi connectivity index (χ3v) is 5.43. The summed E-state index contributed by atoms with van der Waals surface area (Å²) >= 11 is 6.11. The van der Waals surface area contributed by atoms with Crippen LogP contribution >= 0.6 is 11.6 Å². The van der Waals surface area contributed by atoms with Crippen LogP contribution in [0.5, 0.6) is 0 Å². The normalized spacial score (nSPS) is 15.6. The predicted molar refractivity (Wildman–Crippen MR) is 119 cm³/mol. The Labute approximate surface area is 178 Å². The van der Waals surface area contributed by atoms with Crippen LogP contribution in [0, 0.1) is 13.8 Å². The zero-order valence-corrected chi connectivity index (χ0v) is 18.3. The zero-order chi connectivity index (χ0) is 20.6. The molecule has 0 unspecified atom stereocenters. The quantitative estimate of drug-likeness (QED) is 0.409. The number of aromatic nitrogens is 1. The summed E-state index contributed by atoms with van der Waals surface area (Å²) in [7, 11) is 1.77. The molecular weight excluding hydrogens is 388 g/mol. The van der Waals surface area contributed by atoms with E-state index in [1.165, 1.54) is 5.69 Å². The Morgan fingerprint density at radius 2 is 2.00 bits per heavy atom. The summed E-state index contributed by atoms with van der Waals surface area (Å²) in [5.41, 5.74) is 2.14. The lowest BCUT2D eigenvalue weighted by Crippen LogP contribution is -2.47. The van der Waals surface area contributed by atoms with Crippen molar-refractivity contribution in [3.63, 3.8) is 0 Å². The van der Waals surface area contributed by atoms with E-state index >= 15 is 0 Å². The van der Waals surface area contributed by atoms with Gasteiger partial charge in [0.25, 0.3) is 0 Å². The van der Waals surface area contributed by atoms with Gasteiger partial charge < -0.3 is 20.0 Å². The Bertz CT molecular complexity index is 794. The minimum atomic E-state index is 0.528. The van der Waals surface area contributed by atoms with Crippen molar-refractivity contribution in [3.8, 4) is 0 Å². The van der Waals surface area contributed by atoms with Gasteiger partial charge in [0.05, 0.1) is 12.2 Å². The molecule has 1 aromatic carbocycles. The van der Waals surface area contributed by atoms with Crippen molar-refractivity contribution in [2.45, 2.75) is 26.8 Å². The Kier molecular flexibility index (Phi) is 7.77. The van der Waals surface area contributed by atoms with E-state index in [4.69, 9.17) is 16.0 Å². The molecule has 1 aliphatic heterocycles. The SMILES string of the molecule is CN=C(NCCCN1CCN(c2cccc(Cl)c2)CC1)NCc1nc(C)c(C)o1. The lowest BCUT2D eigenvalue weighted by atomic mass is 10.2. The molecule has 1 aliphatic rings. The largest absolute Gasteiger partial charge is 0.444 e. The number of nitrogens with zero attached hydrogens (tertiary/aromatic N) is 4. The third kappa shape index (κ3) is 6.37. The van der Waals surface area contributed by atoms with Gasteiger partial charge in [0.1, 0.15) is 5.76 Å². The standard InChI is InChI=1S/C21H31ClN6O/c1-16-17(2)29-20(26-16)15-25-21(23-3)24-8-5-9-27-10-12-28(13-11-27)19-7-4-6-18(22)14-19/h4,6-7,14H,5,8-13,15H2,1-3H3,(H2,23,24,25). The second kappa shape index (κ2) is 10.5. The second-order valence-corrected chi connectivity index (χ2v) is 7.70. The van der Waals surface area contributed by atoms with Gasteiger partial charge >= 0.3 is 0 Å². The summed E-state index contributed by atoms with van der Waals surface area (Å²) < 4.78 is 5.59. The van der Waals surface area contributed by atoms with Crippen molar-refractivity contribution in [3.05, 3.63) is 46.6 Å². The van der Waals surface area contributed by atoms with Gasteiger partial charge in [0, 0.05) is 50.5 Å². The summed E-state index contributed by atoms with van der Waals surface area (Å²) in [6, 6.07) is 8.11. The van der Waals surface area contributed by atoms with Gasteiger partial charge in [0.15, 0.2) is 5.96 Å². The van der Waals surface area contributed by atoms with Crippen LogP contribution in [-0.2, 0) is 6.54 Å². The van der Waals surface area contributed by atoms with Gasteiger partial charge in [-0.25, -0.2) is 4.98 Å². The summed E-state index contributed by atoms with van der Waals surface area (Å²) in [5.74, 6) is 2.31. The molecule has 7 nitrogen and oxygen atoms in total. The third-order valence-electron chi connectivity index (χ3n) is 5.19. The molecule has 158 valence electrons. The molecule has 0 radical (unpaired) electrons. The molecule has 29 heavy (non-hydrogen) atoms. The molecule has 0 bridgehead atoms. The molecule has 8 heteroatoms. The van der Waals surface area contributed by atoms with E-state index in [0.717, 1.165) is 68.1 Å². The summed E-state index contributed by atoms with van der Waals surface area (Å²) in [5, 5.41) is 7.40. The molecule has 0 amide bonds. The molecular formula is C21H31ClN6O. The van der Waals surface area contributed by atoms with E-state index in [1.807, 2.05) is 32.0 Å². The Morgan fingerprint density at radius 3 is 2.66 bits per heavy atom. The number of hydrogen-bond acceptors (Lipinski definition) is 5. The highest BCUT2D eigenvalue weighted by Crippen LogP contribution is 2.20. The first-order valence-electron chi connectivity index (χ1n) is 10.2. The van der Waals surface area contributed by atoms with Gasteiger partial charge in [-0.15, -0.1) is 0 Å². The highest BCUT2D eigenvalue weighted by atomic mass is 35.5. The maximum atomic E-state index is 6.11. The maximum Gasteiger partial charge on any atom is 0.214 e. The molecule has 1 fully saturated rings. The Hall–Kier alpha value is -2.25. The lowest BCUT2D eigenvalue weighted by molar-refractivity contribution is 0.255. The highest BCUT2D eigenvalue weighted by molar-refractivity contribution is 6.30. The number of guanidine groups is 1. The first-order valence-corrected chi connectivity index (χ1v) is 10.5. The van der Waals surface area contributed by atoms with Gasteiger partial charge in [0.2, 0.25) is 5.89 Å². The van der Waals surface area contributed by atoms with Crippen molar-refractivity contribution in [2.24, 2.45) is 4.99 Å². The number of halogens is 1. The Morgan fingerprint density at radius 1 is 1.21 bits per heavy atom. The zero-order valence-electron chi connectivity index (χ0n) is 17.5. The minimum absolute atomic E-state index is 0.528. The molecule has 3 rings (SSSR count). The van der Waals surface area contributed by atoms with Gasteiger partial charge in [-0.05, 0) is 45.0 Å². The number of hydrogen-bond donors (Lipinski definition) is 2. The van der Waals surface area contributed by atoms with E-state index in [1.54, 1.807) is 7.05 Å². The average molecular weight is 419 g/mol. The number of aliphatic imine (C=N–C) groups is 1. The van der Waals surface area contributed by atoms with Crippen LogP contribution in [0.2, 0.25) is 5.02 Å². The Balaban J connectivity index is 1.32. The van der Waals surface area contributed by atoms with Crippen molar-refractivity contribution < 1.29 is 4.42 Å². The molecule has 0 spiro atoms. The fraction of sp³-hybridized carbons (Fsp3) is 0.524. The first kappa shape index (κ1) is 21.5. The van der Waals surface area contributed by atoms with Crippen LogP contribution in [0.25, 0.3) is 0 Å². The average Bonchev–Trinajstić information content (AvgIpc) is 3.05. The van der Waals surface area contributed by atoms with E-state index in [-0.39, 0.29) is 0 Å². The van der Waals surface area contributed by atoms with Crippen LogP contribution in [0.1, 0.15) is 23.8 Å². The molecule has 1 saturated heterocycles. The van der Waals surface area contributed by atoms with Crippen molar-refractivity contribution >= 4 is 23.2 Å². The summed E-state index contributed by atoms with van der Waals surface area (Å²) in [6.07, 6.45) is 1.06. The number of anilines is 1. The molecule has 0 atom stereocenters. The number of oxazole rings is 1. The van der Waals surface area contributed by atoms with Crippen molar-refractivity contribution in [1.82, 2.24) is 20.5 Å². The second-order valence-electron chi connectivity index (χ2n) is 7.26. The molecule has 0 aliphatic carbocycles. The number of nitrogens with one attached hydrogen (secondary N) is 2. The lowest BCUT2D eigenvalue weighted by Gasteiger charge is -2.36. The molecule has 2 N–H and O–H groups in total. The van der Waals surface area contributed by atoms with Crippen molar-refractivity contribution in [1.29, 1.82) is 0 Å². The highest BCUT2D eigenvalue weighted by Gasteiger charge is 2.17. The minimum Gasteiger partial charge on any atom is -0.444 e. The number of piperazine rings is 1. The number of rotatable bonds is 7. The number of benzene rings is 1. The smallest absolute Gasteiger partial charge is 0.214 e. The van der Waals surface area contributed by atoms with Crippen LogP contribution in [0.4, 0.5) is 5.69 Å². The fourth-order valence-corrected chi connectivity index (χ4v) is 3.59. The van der Waals surface area contributed by atoms with E-state index in [9.17, 15) is 0 Å². The topological polar surface area (TPSA) is 68.9 Å². The van der Waals surface area contributed by atoms with E-state index in [2.05, 4.69) is 36.5 Å². The maximum absolute atomic E-state index is 6.11. The molecule has 0 saturated carbocycles. The van der Waals surface area contributed by atoms with Crippen LogP contribution in [0.3, 0.4) is 0 Å². The number of aryl methyl sites for hydroxylation is 2. The molecule has 2 aromatic rings. The summed E-state index contributed by atoms with van der Waals surface area (Å²) in [6.45, 7) is 10.6. The molecule has 1 aromatic heterocycles. The van der Waals surface area contributed by atoms with Gasteiger partial charge in [-0.2, -0.15) is 0 Å². The van der Waals surface area contributed by atoms with Crippen LogP contribution in [-0.4, -0.2) is 62.2 Å². The van der Waals surface area contributed by atoms with Crippen molar-refractivity contribution in [2.75, 3.05) is 51.2 Å². The fourth-order valence-electron chi connectivity index (χ4n) is 3.41. The summed E-state index contributed by atoms with van der Waals surface area (Å²) in [4.78, 5) is 13.6. The van der Waals surface area contributed by atoms with E-state index < -0.39 is 0 Å².